The summed E-state index contributed by atoms with van der Waals surface area (Å²) in [5.74, 6) is 0.157. The number of benzene rings is 1. The zero-order valence-corrected chi connectivity index (χ0v) is 14.9. The number of hydrogen-bond donors (Lipinski definition) is 1. The van der Waals surface area contributed by atoms with Crippen LogP contribution in [0.2, 0.25) is 0 Å². The molecule has 0 saturated carbocycles. The topological polar surface area (TPSA) is 73.4 Å². The number of amides is 1. The van der Waals surface area contributed by atoms with E-state index in [9.17, 15) is 4.79 Å². The van der Waals surface area contributed by atoms with E-state index in [-0.39, 0.29) is 12.0 Å². The number of hydrogen-bond acceptors (Lipinski definition) is 4. The Morgan fingerprint density at radius 3 is 2.88 bits per heavy atom. The summed E-state index contributed by atoms with van der Waals surface area (Å²) in [6, 6.07) is 9.77. The Labute approximate surface area is 148 Å². The average molecular weight is 342 g/mol. The molecule has 3 rings (SSSR count). The second-order valence-corrected chi connectivity index (χ2v) is 6.64. The van der Waals surface area contributed by atoms with E-state index in [2.05, 4.69) is 11.2 Å². The summed E-state index contributed by atoms with van der Waals surface area (Å²) in [5.41, 5.74) is 9.85. The standard InChI is InChI=1S/C19H26N4O2/c1-14-11-15(2)23(21-14)13-17-12-22(9-10-25-17)19(24)8-7-16-5-3-4-6-18(16)20/h3-6,11,17H,7-10,12-13,20H2,1-2H3. The molecule has 2 N–H and O–H groups in total. The lowest BCUT2D eigenvalue weighted by Gasteiger charge is -2.33. The molecule has 25 heavy (non-hydrogen) atoms. The van der Waals surface area contributed by atoms with Gasteiger partial charge in [-0.1, -0.05) is 18.2 Å². The number of nitrogens with two attached hydrogens (primary N) is 1. The van der Waals surface area contributed by atoms with Crippen molar-refractivity contribution >= 4 is 11.6 Å². The molecule has 0 radical (unpaired) electrons. The lowest BCUT2D eigenvalue weighted by atomic mass is 10.1. The first-order valence-corrected chi connectivity index (χ1v) is 8.76. The Morgan fingerprint density at radius 1 is 1.36 bits per heavy atom. The minimum Gasteiger partial charge on any atom is -0.399 e. The number of aryl methyl sites for hydroxylation is 3. The number of anilines is 1. The van der Waals surface area contributed by atoms with Crippen LogP contribution >= 0.6 is 0 Å². The number of rotatable bonds is 5. The van der Waals surface area contributed by atoms with Crippen molar-refractivity contribution in [3.05, 3.63) is 47.3 Å². The van der Waals surface area contributed by atoms with E-state index in [1.165, 1.54) is 0 Å². The van der Waals surface area contributed by atoms with Crippen LogP contribution in [0.4, 0.5) is 5.69 Å². The van der Waals surface area contributed by atoms with Crippen LogP contribution < -0.4 is 5.73 Å². The third-order valence-corrected chi connectivity index (χ3v) is 4.63. The van der Waals surface area contributed by atoms with Crippen LogP contribution in [0, 0.1) is 13.8 Å². The Morgan fingerprint density at radius 2 is 2.16 bits per heavy atom. The van der Waals surface area contributed by atoms with Gasteiger partial charge in [0.2, 0.25) is 5.91 Å². The number of morpholine rings is 1. The van der Waals surface area contributed by atoms with Crippen molar-refractivity contribution in [1.29, 1.82) is 0 Å². The lowest BCUT2D eigenvalue weighted by Crippen LogP contribution is -2.47. The Balaban J connectivity index is 1.54. The third-order valence-electron chi connectivity index (χ3n) is 4.63. The molecule has 0 aliphatic carbocycles. The predicted octanol–water partition coefficient (Wildman–Crippen LogP) is 1.94. The molecule has 0 bridgehead atoms. The van der Waals surface area contributed by atoms with Gasteiger partial charge in [0.15, 0.2) is 0 Å². The van der Waals surface area contributed by atoms with Crippen LogP contribution in [0.3, 0.4) is 0 Å². The maximum Gasteiger partial charge on any atom is 0.223 e. The molecule has 6 nitrogen and oxygen atoms in total. The molecule has 6 heteroatoms. The molecule has 2 heterocycles. The van der Waals surface area contributed by atoms with Crippen molar-refractivity contribution in [2.75, 3.05) is 25.4 Å². The maximum absolute atomic E-state index is 12.6. The molecule has 2 aromatic rings. The summed E-state index contributed by atoms with van der Waals surface area (Å²) in [6.45, 7) is 6.53. The van der Waals surface area contributed by atoms with Crippen LogP contribution in [-0.2, 0) is 22.5 Å². The molecule has 1 aromatic carbocycles. The van der Waals surface area contributed by atoms with Crippen molar-refractivity contribution < 1.29 is 9.53 Å². The second kappa shape index (κ2) is 7.70. The molecule has 1 unspecified atom stereocenters. The first-order chi connectivity index (χ1) is 12.0. The number of nitrogens with zero attached hydrogens (tertiary/aromatic N) is 3. The van der Waals surface area contributed by atoms with E-state index in [1.54, 1.807) is 0 Å². The number of carbonyl (C=O) groups is 1. The van der Waals surface area contributed by atoms with E-state index in [0.29, 0.717) is 39.1 Å². The molecule has 1 atom stereocenters. The zero-order chi connectivity index (χ0) is 17.8. The highest BCUT2D eigenvalue weighted by molar-refractivity contribution is 5.76. The van der Waals surface area contributed by atoms with Gasteiger partial charge >= 0.3 is 0 Å². The number of para-hydroxylation sites is 1. The summed E-state index contributed by atoms with van der Waals surface area (Å²) in [6.07, 6.45) is 1.13. The number of ether oxygens (including phenoxy) is 1. The highest BCUT2D eigenvalue weighted by Gasteiger charge is 2.25. The molecule has 1 fully saturated rings. The largest absolute Gasteiger partial charge is 0.399 e. The van der Waals surface area contributed by atoms with Crippen molar-refractivity contribution in [3.63, 3.8) is 0 Å². The van der Waals surface area contributed by atoms with Gasteiger partial charge in [-0.05, 0) is 38.0 Å². The minimum atomic E-state index is -0.0162. The summed E-state index contributed by atoms with van der Waals surface area (Å²) in [7, 11) is 0. The molecule has 0 spiro atoms. The first kappa shape index (κ1) is 17.5. The van der Waals surface area contributed by atoms with Gasteiger partial charge in [0.05, 0.1) is 24.9 Å². The molecule has 1 aliphatic rings. The van der Waals surface area contributed by atoms with Crippen LogP contribution in [0.25, 0.3) is 0 Å². The number of nitrogen functional groups attached to an aromatic ring is 1. The quantitative estimate of drug-likeness (QED) is 0.843. The SMILES string of the molecule is Cc1cc(C)n(CC2CN(C(=O)CCc3ccccc3N)CCO2)n1. The Kier molecular flexibility index (Phi) is 5.38. The summed E-state index contributed by atoms with van der Waals surface area (Å²) in [5, 5.41) is 4.48. The fraction of sp³-hybridized carbons (Fsp3) is 0.474. The summed E-state index contributed by atoms with van der Waals surface area (Å²) < 4.78 is 7.79. The highest BCUT2D eigenvalue weighted by atomic mass is 16.5. The Hall–Kier alpha value is -2.34. The van der Waals surface area contributed by atoms with Gasteiger partial charge in [0.25, 0.3) is 0 Å². The monoisotopic (exact) mass is 342 g/mol. The fourth-order valence-corrected chi connectivity index (χ4v) is 3.27. The van der Waals surface area contributed by atoms with Crippen LogP contribution in [0.15, 0.2) is 30.3 Å². The summed E-state index contributed by atoms with van der Waals surface area (Å²) in [4.78, 5) is 14.5. The van der Waals surface area contributed by atoms with Gasteiger partial charge in [0.1, 0.15) is 0 Å². The minimum absolute atomic E-state index is 0.0162. The van der Waals surface area contributed by atoms with Crippen LogP contribution in [-0.4, -0.2) is 46.4 Å². The molecule has 1 aromatic heterocycles. The predicted molar refractivity (Wildman–Crippen MR) is 97.2 cm³/mol. The average Bonchev–Trinajstić information content (AvgIpc) is 2.91. The molecule has 134 valence electrons. The van der Waals surface area contributed by atoms with Gasteiger partial charge in [-0.15, -0.1) is 0 Å². The maximum atomic E-state index is 12.6. The van der Waals surface area contributed by atoms with Crippen molar-refractivity contribution in [3.8, 4) is 0 Å². The van der Waals surface area contributed by atoms with Crippen LogP contribution in [0.1, 0.15) is 23.4 Å². The van der Waals surface area contributed by atoms with Crippen LogP contribution in [0.5, 0.6) is 0 Å². The van der Waals surface area contributed by atoms with E-state index in [4.69, 9.17) is 10.5 Å². The van der Waals surface area contributed by atoms with Crippen molar-refractivity contribution in [1.82, 2.24) is 14.7 Å². The smallest absolute Gasteiger partial charge is 0.223 e. The molecular weight excluding hydrogens is 316 g/mol. The molecular formula is C19H26N4O2. The van der Waals surface area contributed by atoms with Gasteiger partial charge < -0.3 is 15.4 Å². The number of carbonyl (C=O) groups excluding carboxylic acids is 1. The van der Waals surface area contributed by atoms with E-state index >= 15 is 0 Å². The van der Waals surface area contributed by atoms with Gasteiger partial charge in [0, 0.05) is 30.9 Å². The van der Waals surface area contributed by atoms with Crippen molar-refractivity contribution in [2.24, 2.45) is 0 Å². The third kappa shape index (κ3) is 4.39. The van der Waals surface area contributed by atoms with Crippen molar-refractivity contribution in [2.45, 2.75) is 39.3 Å². The lowest BCUT2D eigenvalue weighted by molar-refractivity contribution is -0.139. The van der Waals surface area contributed by atoms with E-state index in [0.717, 1.165) is 22.6 Å². The fourth-order valence-electron chi connectivity index (χ4n) is 3.27. The van der Waals surface area contributed by atoms with Gasteiger partial charge in [-0.2, -0.15) is 5.10 Å². The second-order valence-electron chi connectivity index (χ2n) is 6.64. The molecule has 1 saturated heterocycles. The highest BCUT2D eigenvalue weighted by Crippen LogP contribution is 2.15. The van der Waals surface area contributed by atoms with Gasteiger partial charge in [-0.3, -0.25) is 9.48 Å². The van der Waals surface area contributed by atoms with E-state index < -0.39 is 0 Å². The zero-order valence-electron chi connectivity index (χ0n) is 14.9. The first-order valence-electron chi connectivity index (χ1n) is 8.76. The van der Waals surface area contributed by atoms with Gasteiger partial charge in [-0.25, -0.2) is 0 Å². The van der Waals surface area contributed by atoms with E-state index in [1.807, 2.05) is 47.7 Å². The Bertz CT molecular complexity index is 741. The number of aromatic nitrogens is 2. The normalized spacial score (nSPS) is 17.7. The summed E-state index contributed by atoms with van der Waals surface area (Å²) >= 11 is 0. The molecule has 1 aliphatic heterocycles. The molecule has 1 amide bonds.